The van der Waals surface area contributed by atoms with E-state index in [1.807, 2.05) is 0 Å². The van der Waals surface area contributed by atoms with Crippen LogP contribution in [0, 0.1) is 0 Å². The predicted molar refractivity (Wildman–Crippen MR) is 165 cm³/mol. The van der Waals surface area contributed by atoms with Gasteiger partial charge in [-0.3, -0.25) is 0 Å². The van der Waals surface area contributed by atoms with E-state index in [0.29, 0.717) is 5.54 Å². The molecule has 0 saturated heterocycles. The molecule has 0 radical (unpaired) electrons. The van der Waals surface area contributed by atoms with Gasteiger partial charge in [-0.2, -0.15) is 0 Å². The summed E-state index contributed by atoms with van der Waals surface area (Å²) in [5.41, 5.74) is 0.434. The Kier molecular flexibility index (Phi) is 32.6. The van der Waals surface area contributed by atoms with Gasteiger partial charge in [0, 0.05) is 5.54 Å². The summed E-state index contributed by atoms with van der Waals surface area (Å²) in [4.78, 5) is 0. The van der Waals surface area contributed by atoms with Crippen molar-refractivity contribution in [1.82, 2.24) is 5.32 Å². The van der Waals surface area contributed by atoms with Gasteiger partial charge in [0.05, 0.1) is 0 Å². The average Bonchev–Trinajstić information content (AvgIpc) is 2.85. The van der Waals surface area contributed by atoms with E-state index in [1.165, 1.54) is 180 Å². The highest BCUT2D eigenvalue weighted by atomic mass is 35.5. The van der Waals surface area contributed by atoms with Gasteiger partial charge in [0.15, 0.2) is 0 Å². The molecule has 35 heavy (non-hydrogen) atoms. The Balaban J connectivity index is 0. The van der Waals surface area contributed by atoms with Crippen LogP contribution in [0.4, 0.5) is 0 Å². The second-order valence-electron chi connectivity index (χ2n) is 11.5. The molecule has 0 spiro atoms. The Hall–Kier alpha value is 0.250. The number of hydrogen-bond acceptors (Lipinski definition) is 1. The third kappa shape index (κ3) is 25.7. The van der Waals surface area contributed by atoms with Crippen LogP contribution in [0.5, 0.6) is 0 Å². The molecule has 0 aliphatic carbocycles. The standard InChI is InChI=1S/C33H69N.ClH/c1-5-9-13-17-21-25-29-33(30-26-22-18-14-10-6-2,31-27-23-19-15-11-7-3)34-32-28-24-20-16-12-8-4;/h34H,5-32H2,1-4H3;1H. The predicted octanol–water partition coefficient (Wildman–Crippen LogP) is 12.3. The van der Waals surface area contributed by atoms with Crippen molar-refractivity contribution in [2.24, 2.45) is 0 Å². The maximum absolute atomic E-state index is 4.23. The number of nitrogens with one attached hydrogen (secondary N) is 1. The van der Waals surface area contributed by atoms with Crippen LogP contribution >= 0.6 is 12.4 Å². The fraction of sp³-hybridized carbons (Fsp3) is 1.00. The van der Waals surface area contributed by atoms with Gasteiger partial charge in [0.1, 0.15) is 0 Å². The van der Waals surface area contributed by atoms with Crippen LogP contribution in [0.2, 0.25) is 0 Å². The van der Waals surface area contributed by atoms with Crippen molar-refractivity contribution in [2.75, 3.05) is 6.54 Å². The van der Waals surface area contributed by atoms with Gasteiger partial charge in [0.25, 0.3) is 0 Å². The molecule has 1 N–H and O–H groups in total. The summed E-state index contributed by atoms with van der Waals surface area (Å²) in [7, 11) is 0. The Morgan fingerprint density at radius 2 is 0.600 bits per heavy atom. The first-order valence-electron chi connectivity index (χ1n) is 16.5. The molecule has 1 nitrogen and oxygen atoms in total. The van der Waals surface area contributed by atoms with E-state index in [2.05, 4.69) is 33.0 Å². The van der Waals surface area contributed by atoms with E-state index in [0.717, 1.165) is 0 Å². The average molecular weight is 516 g/mol. The lowest BCUT2D eigenvalue weighted by atomic mass is 9.81. The molecule has 0 heterocycles. The molecule has 214 valence electrons. The topological polar surface area (TPSA) is 12.0 Å². The molecule has 0 fully saturated rings. The summed E-state index contributed by atoms with van der Waals surface area (Å²) >= 11 is 0. The van der Waals surface area contributed by atoms with E-state index in [-0.39, 0.29) is 12.4 Å². The second kappa shape index (κ2) is 30.5. The van der Waals surface area contributed by atoms with Crippen molar-refractivity contribution in [3.8, 4) is 0 Å². The normalized spacial score (nSPS) is 11.7. The fourth-order valence-corrected chi connectivity index (χ4v) is 5.63. The lowest BCUT2D eigenvalue weighted by Crippen LogP contribution is -2.45. The zero-order chi connectivity index (χ0) is 25.0. The van der Waals surface area contributed by atoms with Crippen LogP contribution in [0.25, 0.3) is 0 Å². The number of rotatable bonds is 29. The maximum Gasteiger partial charge on any atom is 0.0181 e. The molecule has 0 aromatic rings. The molecule has 0 atom stereocenters. The summed E-state index contributed by atoms with van der Waals surface area (Å²) in [5, 5.41) is 4.23. The van der Waals surface area contributed by atoms with Crippen LogP contribution in [0.1, 0.15) is 201 Å². The molecular formula is C33H70ClN. The summed E-state index contributed by atoms with van der Waals surface area (Å²) in [6, 6.07) is 0. The first kappa shape index (κ1) is 37.4. The van der Waals surface area contributed by atoms with Gasteiger partial charge in [-0.1, -0.05) is 175 Å². The summed E-state index contributed by atoms with van der Waals surface area (Å²) in [6.45, 7) is 10.6. The van der Waals surface area contributed by atoms with E-state index in [4.69, 9.17) is 0 Å². The molecule has 0 aromatic heterocycles. The minimum Gasteiger partial charge on any atom is -0.311 e. The molecule has 0 saturated carbocycles. The highest BCUT2D eigenvalue weighted by molar-refractivity contribution is 5.85. The van der Waals surface area contributed by atoms with Gasteiger partial charge in [-0.15, -0.1) is 12.4 Å². The van der Waals surface area contributed by atoms with Crippen LogP contribution in [0.15, 0.2) is 0 Å². The van der Waals surface area contributed by atoms with Gasteiger partial charge in [-0.25, -0.2) is 0 Å². The van der Waals surface area contributed by atoms with E-state index in [1.54, 1.807) is 0 Å². The largest absolute Gasteiger partial charge is 0.311 e. The number of hydrogen-bond donors (Lipinski definition) is 1. The molecule has 0 rings (SSSR count). The maximum atomic E-state index is 4.23. The number of halogens is 1. The monoisotopic (exact) mass is 516 g/mol. The summed E-state index contributed by atoms with van der Waals surface area (Å²) < 4.78 is 0. The van der Waals surface area contributed by atoms with Gasteiger partial charge in [0.2, 0.25) is 0 Å². The molecule has 0 unspecified atom stereocenters. The summed E-state index contributed by atoms with van der Waals surface area (Å²) in [6.07, 6.45) is 38.5. The first-order chi connectivity index (χ1) is 16.7. The molecule has 0 aromatic carbocycles. The van der Waals surface area contributed by atoms with Gasteiger partial charge < -0.3 is 5.32 Å². The fourth-order valence-electron chi connectivity index (χ4n) is 5.63. The van der Waals surface area contributed by atoms with Crippen molar-refractivity contribution in [1.29, 1.82) is 0 Å². The van der Waals surface area contributed by atoms with Crippen LogP contribution in [0.3, 0.4) is 0 Å². The zero-order valence-corrected chi connectivity index (χ0v) is 26.0. The van der Waals surface area contributed by atoms with Crippen molar-refractivity contribution in [3.63, 3.8) is 0 Å². The minimum atomic E-state index is 0. The zero-order valence-electron chi connectivity index (χ0n) is 25.2. The van der Waals surface area contributed by atoms with Crippen molar-refractivity contribution < 1.29 is 0 Å². The molecule has 0 bridgehead atoms. The molecule has 0 aliphatic heterocycles. The third-order valence-corrected chi connectivity index (χ3v) is 8.06. The first-order valence-corrected chi connectivity index (χ1v) is 16.5. The van der Waals surface area contributed by atoms with Crippen molar-refractivity contribution >= 4 is 12.4 Å². The minimum absolute atomic E-state index is 0. The third-order valence-electron chi connectivity index (χ3n) is 8.06. The quantitative estimate of drug-likeness (QED) is 0.0975. The Labute approximate surface area is 230 Å². The second-order valence-corrected chi connectivity index (χ2v) is 11.5. The highest BCUT2D eigenvalue weighted by Crippen LogP contribution is 2.30. The van der Waals surface area contributed by atoms with Gasteiger partial charge in [-0.05, 0) is 32.2 Å². The van der Waals surface area contributed by atoms with Gasteiger partial charge >= 0.3 is 0 Å². The SMILES string of the molecule is CCCCCCCCNC(CCCCCCCC)(CCCCCCCC)CCCCCCCC.Cl. The van der Waals surface area contributed by atoms with Crippen LogP contribution in [-0.4, -0.2) is 12.1 Å². The lowest BCUT2D eigenvalue weighted by Gasteiger charge is -2.36. The van der Waals surface area contributed by atoms with E-state index < -0.39 is 0 Å². The summed E-state index contributed by atoms with van der Waals surface area (Å²) in [5.74, 6) is 0. The number of unbranched alkanes of at least 4 members (excludes halogenated alkanes) is 20. The highest BCUT2D eigenvalue weighted by Gasteiger charge is 2.27. The molecule has 0 aliphatic rings. The Morgan fingerprint density at radius 1 is 0.343 bits per heavy atom. The Morgan fingerprint density at radius 3 is 0.914 bits per heavy atom. The lowest BCUT2D eigenvalue weighted by molar-refractivity contribution is 0.234. The smallest absolute Gasteiger partial charge is 0.0181 e. The molecule has 0 amide bonds. The van der Waals surface area contributed by atoms with E-state index in [9.17, 15) is 0 Å². The van der Waals surface area contributed by atoms with E-state index >= 15 is 0 Å². The molecular weight excluding hydrogens is 446 g/mol. The van der Waals surface area contributed by atoms with Crippen molar-refractivity contribution in [3.05, 3.63) is 0 Å². The van der Waals surface area contributed by atoms with Crippen LogP contribution < -0.4 is 5.32 Å². The molecule has 2 heteroatoms. The van der Waals surface area contributed by atoms with Crippen molar-refractivity contribution in [2.45, 2.75) is 207 Å². The van der Waals surface area contributed by atoms with Crippen LogP contribution in [-0.2, 0) is 0 Å². The Bertz CT molecular complexity index is 329.